The van der Waals surface area contributed by atoms with Crippen LogP contribution in [0.1, 0.15) is 18.5 Å². The molecule has 37 heavy (non-hydrogen) atoms. The zero-order chi connectivity index (χ0) is 26.5. The highest BCUT2D eigenvalue weighted by Gasteiger charge is 2.35. The number of benzene rings is 1. The van der Waals surface area contributed by atoms with E-state index in [0.29, 0.717) is 10.2 Å². The number of likely N-dealkylation sites (tertiary alicyclic amines) is 1. The first-order chi connectivity index (χ1) is 17.8. The average molecular weight is 518 g/mol. The van der Waals surface area contributed by atoms with E-state index in [1.54, 1.807) is 6.07 Å². The van der Waals surface area contributed by atoms with E-state index in [1.165, 1.54) is 24.7 Å². The van der Waals surface area contributed by atoms with Crippen LogP contribution in [0.25, 0.3) is 11.4 Å². The molecule has 0 saturated carbocycles. The summed E-state index contributed by atoms with van der Waals surface area (Å²) < 4.78 is 46.4. The molecular formula is C22H21F3N8O4. The number of ether oxygens (including phenoxy) is 1. The largest absolute Gasteiger partial charge is 0.486 e. The molecule has 0 spiro atoms. The summed E-state index contributed by atoms with van der Waals surface area (Å²) in [4.78, 5) is 25.3. The van der Waals surface area contributed by atoms with Gasteiger partial charge in [0.25, 0.3) is 5.91 Å². The van der Waals surface area contributed by atoms with Gasteiger partial charge in [-0.15, -0.1) is 0 Å². The van der Waals surface area contributed by atoms with Crippen LogP contribution in [-0.2, 0) is 4.79 Å². The number of nitrogens with one attached hydrogen (secondary N) is 1. The molecular weight excluding hydrogens is 497 g/mol. The fraction of sp³-hybridized carbons (Fsp3) is 0.364. The zero-order valence-electron chi connectivity index (χ0n) is 19.1. The number of halogens is 3. The first kappa shape index (κ1) is 25.8. The highest BCUT2D eigenvalue weighted by molar-refractivity contribution is 5.81. The molecule has 0 bridgehead atoms. The Bertz CT molecular complexity index is 1300. The van der Waals surface area contributed by atoms with Gasteiger partial charge in [-0.3, -0.25) is 4.79 Å². The maximum absolute atomic E-state index is 14.7. The maximum atomic E-state index is 14.7. The summed E-state index contributed by atoms with van der Waals surface area (Å²) >= 11 is 0. The van der Waals surface area contributed by atoms with Gasteiger partial charge in [-0.1, -0.05) is 0 Å². The van der Waals surface area contributed by atoms with Gasteiger partial charge in [0.1, 0.15) is 24.3 Å². The van der Waals surface area contributed by atoms with Gasteiger partial charge in [-0.2, -0.15) is 24.1 Å². The summed E-state index contributed by atoms with van der Waals surface area (Å²) in [5, 5.41) is 34.3. The molecule has 0 radical (unpaired) electrons. The van der Waals surface area contributed by atoms with Crippen LogP contribution in [0, 0.1) is 11.3 Å². The monoisotopic (exact) mass is 518 g/mol. The van der Waals surface area contributed by atoms with Crippen molar-refractivity contribution in [2.45, 2.75) is 31.3 Å². The molecule has 1 aromatic carbocycles. The van der Waals surface area contributed by atoms with Crippen molar-refractivity contribution >= 4 is 17.5 Å². The van der Waals surface area contributed by atoms with E-state index in [1.807, 2.05) is 6.07 Å². The summed E-state index contributed by atoms with van der Waals surface area (Å²) in [6.45, 7) is -3.77. The van der Waals surface area contributed by atoms with Crippen molar-refractivity contribution in [3.05, 3.63) is 42.5 Å². The number of hydrogen-bond donors (Lipinski definition) is 3. The van der Waals surface area contributed by atoms with Crippen LogP contribution >= 0.6 is 0 Å². The number of aliphatic hydroxyl groups is 2. The lowest BCUT2D eigenvalue weighted by Crippen LogP contribution is -2.52. The summed E-state index contributed by atoms with van der Waals surface area (Å²) in [6.07, 6.45) is -0.539. The van der Waals surface area contributed by atoms with Crippen molar-refractivity contribution in [3.8, 4) is 23.2 Å². The minimum atomic E-state index is -2.79. The SMILES string of the molecule is N#Cc1cc(-c2ncnc(Nc3cnn(C(F)F)c3)n2)ccc1O[C@H]1CCN(C(=O)C(O)CO)C[C@H]1F. The third-order valence-corrected chi connectivity index (χ3v) is 5.52. The third-order valence-electron chi connectivity index (χ3n) is 5.52. The van der Waals surface area contributed by atoms with Crippen LogP contribution in [0.5, 0.6) is 5.75 Å². The number of amides is 1. The molecule has 3 aromatic rings. The van der Waals surface area contributed by atoms with Crippen molar-refractivity contribution in [2.75, 3.05) is 25.0 Å². The molecule has 1 fully saturated rings. The molecule has 0 aliphatic carbocycles. The Morgan fingerprint density at radius 2 is 2.16 bits per heavy atom. The number of nitrogens with zero attached hydrogens (tertiary/aromatic N) is 7. The van der Waals surface area contributed by atoms with E-state index in [0.717, 1.165) is 11.1 Å². The fourth-order valence-electron chi connectivity index (χ4n) is 3.66. The highest BCUT2D eigenvalue weighted by atomic mass is 19.3. The number of hydrogen-bond acceptors (Lipinski definition) is 10. The molecule has 15 heteroatoms. The van der Waals surface area contributed by atoms with E-state index in [4.69, 9.17) is 9.84 Å². The van der Waals surface area contributed by atoms with Gasteiger partial charge in [0.15, 0.2) is 18.1 Å². The molecule has 3 N–H and O–H groups in total. The second kappa shape index (κ2) is 11.2. The Kier molecular flexibility index (Phi) is 7.80. The summed E-state index contributed by atoms with van der Waals surface area (Å²) in [5.74, 6) is -0.398. The Balaban J connectivity index is 1.46. The number of aromatic nitrogens is 5. The van der Waals surface area contributed by atoms with Crippen molar-refractivity contribution in [3.63, 3.8) is 0 Å². The van der Waals surface area contributed by atoms with Gasteiger partial charge in [-0.25, -0.2) is 19.0 Å². The standard InChI is InChI=1S/C22H21F3N8O4/c23-15-9-32(20(36)16(35)10-34)4-3-18(15)37-17-2-1-12(5-13(17)6-26)19-27-11-28-22(31-19)30-14-7-29-33(8-14)21(24)25/h1-2,5,7-8,11,15-16,18,21,34-35H,3-4,9-10H2,(H,27,28,30,31)/t15-,16?,18+/m1/s1. The number of anilines is 2. The van der Waals surface area contributed by atoms with Crippen molar-refractivity contribution in [1.82, 2.24) is 29.6 Å². The molecule has 4 rings (SSSR count). The smallest absolute Gasteiger partial charge is 0.333 e. The van der Waals surface area contributed by atoms with Gasteiger partial charge < -0.3 is 25.2 Å². The van der Waals surface area contributed by atoms with Crippen LogP contribution in [0.4, 0.5) is 24.8 Å². The van der Waals surface area contributed by atoms with Gasteiger partial charge in [0.05, 0.1) is 36.8 Å². The number of rotatable bonds is 8. The first-order valence-corrected chi connectivity index (χ1v) is 11.0. The predicted octanol–water partition coefficient (Wildman–Crippen LogP) is 1.42. The Hall–Kier alpha value is -4.29. The fourth-order valence-corrected chi connectivity index (χ4v) is 3.66. The van der Waals surface area contributed by atoms with E-state index < -0.39 is 37.4 Å². The number of nitriles is 1. The van der Waals surface area contributed by atoms with E-state index >= 15 is 0 Å². The van der Waals surface area contributed by atoms with E-state index in [2.05, 4.69) is 25.4 Å². The number of aliphatic hydroxyl groups excluding tert-OH is 2. The average Bonchev–Trinajstić information content (AvgIpc) is 3.38. The maximum Gasteiger partial charge on any atom is 0.333 e. The molecule has 1 unspecified atom stereocenters. The molecule has 1 amide bonds. The molecule has 12 nitrogen and oxygen atoms in total. The molecule has 1 aliphatic heterocycles. The van der Waals surface area contributed by atoms with Crippen molar-refractivity contribution in [1.29, 1.82) is 5.26 Å². The van der Waals surface area contributed by atoms with Crippen molar-refractivity contribution in [2.24, 2.45) is 0 Å². The van der Waals surface area contributed by atoms with Crippen LogP contribution in [0.3, 0.4) is 0 Å². The molecule has 1 aliphatic rings. The van der Waals surface area contributed by atoms with Crippen LogP contribution in [0.2, 0.25) is 0 Å². The quantitative estimate of drug-likeness (QED) is 0.397. The molecule has 3 heterocycles. The second-order valence-corrected chi connectivity index (χ2v) is 8.01. The number of carbonyl (C=O) groups is 1. The first-order valence-electron chi connectivity index (χ1n) is 11.0. The van der Waals surface area contributed by atoms with E-state index in [9.17, 15) is 28.3 Å². The molecule has 3 atom stereocenters. The van der Waals surface area contributed by atoms with Gasteiger partial charge in [0, 0.05) is 18.5 Å². The lowest BCUT2D eigenvalue weighted by Gasteiger charge is -2.35. The topological polar surface area (TPSA) is 162 Å². The molecule has 194 valence electrons. The minimum Gasteiger partial charge on any atom is -0.486 e. The lowest BCUT2D eigenvalue weighted by atomic mass is 10.0. The van der Waals surface area contributed by atoms with Crippen molar-refractivity contribution < 1.29 is 32.9 Å². The number of piperidine rings is 1. The summed E-state index contributed by atoms with van der Waals surface area (Å²) in [5.41, 5.74) is 0.748. The molecule has 1 saturated heterocycles. The second-order valence-electron chi connectivity index (χ2n) is 8.01. The Morgan fingerprint density at radius 3 is 2.84 bits per heavy atom. The minimum absolute atomic E-state index is 0.0607. The number of carbonyl (C=O) groups excluding carboxylic acids is 1. The van der Waals surface area contributed by atoms with Crippen LogP contribution < -0.4 is 10.1 Å². The third kappa shape index (κ3) is 5.93. The Labute approximate surface area is 208 Å². The normalized spacial score (nSPS) is 18.4. The Morgan fingerprint density at radius 1 is 1.35 bits per heavy atom. The predicted molar refractivity (Wildman–Crippen MR) is 120 cm³/mol. The zero-order valence-corrected chi connectivity index (χ0v) is 19.1. The summed E-state index contributed by atoms with van der Waals surface area (Å²) in [7, 11) is 0. The van der Waals surface area contributed by atoms with Gasteiger partial charge in [-0.05, 0) is 18.2 Å². The van der Waals surface area contributed by atoms with Gasteiger partial charge >= 0.3 is 6.55 Å². The molecule has 2 aromatic heterocycles. The van der Waals surface area contributed by atoms with Crippen LogP contribution in [0.15, 0.2) is 36.9 Å². The van der Waals surface area contributed by atoms with E-state index in [-0.39, 0.29) is 48.3 Å². The summed E-state index contributed by atoms with van der Waals surface area (Å²) in [6, 6.07) is 6.47. The highest BCUT2D eigenvalue weighted by Crippen LogP contribution is 2.28. The number of alkyl halides is 3. The van der Waals surface area contributed by atoms with Gasteiger partial charge in [0.2, 0.25) is 5.95 Å². The lowest BCUT2D eigenvalue weighted by molar-refractivity contribution is -0.146. The van der Waals surface area contributed by atoms with Crippen LogP contribution in [-0.4, -0.2) is 83.8 Å².